The molecule has 0 spiro atoms. The Morgan fingerprint density at radius 3 is 2.93 bits per heavy atom. The average Bonchev–Trinajstić information content (AvgIpc) is 2.94. The molecule has 1 aromatic carbocycles. The second kappa shape index (κ2) is 3.17. The minimum absolute atomic E-state index is 0.264. The van der Waals surface area contributed by atoms with E-state index >= 15 is 0 Å². The molecule has 0 bridgehead atoms. The van der Waals surface area contributed by atoms with Crippen LogP contribution in [0.15, 0.2) is 30.5 Å². The van der Waals surface area contributed by atoms with Gasteiger partial charge in [0.2, 0.25) is 5.95 Å². The Morgan fingerprint density at radius 1 is 1.33 bits per heavy atom. The number of hydrogen-bond acceptors (Lipinski definition) is 4. The Bertz CT molecular complexity index is 497. The maximum absolute atomic E-state index is 5.71. The van der Waals surface area contributed by atoms with Crippen LogP contribution in [0.5, 0.6) is 0 Å². The summed E-state index contributed by atoms with van der Waals surface area (Å²) < 4.78 is 0. The first-order valence-corrected chi connectivity index (χ1v) is 5.07. The predicted molar refractivity (Wildman–Crippen MR) is 59.5 cm³/mol. The molecule has 0 amide bonds. The maximum atomic E-state index is 5.71. The van der Waals surface area contributed by atoms with E-state index in [2.05, 4.69) is 15.3 Å². The number of nitrogens with one attached hydrogen (secondary N) is 1. The van der Waals surface area contributed by atoms with Gasteiger partial charge in [-0.15, -0.1) is 0 Å². The lowest BCUT2D eigenvalue weighted by molar-refractivity contribution is 0.983. The molecule has 1 fully saturated rings. The van der Waals surface area contributed by atoms with E-state index in [1.807, 2.05) is 30.5 Å². The highest BCUT2D eigenvalue weighted by Gasteiger charge is 2.33. The van der Waals surface area contributed by atoms with E-state index in [0.717, 1.165) is 17.3 Å². The third-order valence-electron chi connectivity index (χ3n) is 2.64. The molecule has 1 aliphatic carbocycles. The summed E-state index contributed by atoms with van der Waals surface area (Å²) in [7, 11) is 0. The lowest BCUT2D eigenvalue weighted by atomic mass is 10.2. The minimum atomic E-state index is 0.264. The quantitative estimate of drug-likeness (QED) is 0.763. The number of benzene rings is 1. The van der Waals surface area contributed by atoms with E-state index in [1.165, 1.54) is 0 Å². The van der Waals surface area contributed by atoms with E-state index in [-0.39, 0.29) is 6.04 Å². The number of nitrogens with zero attached hydrogens (tertiary/aromatic N) is 2. The van der Waals surface area contributed by atoms with Crippen molar-refractivity contribution in [1.82, 2.24) is 9.97 Å². The van der Waals surface area contributed by atoms with E-state index in [9.17, 15) is 0 Å². The van der Waals surface area contributed by atoms with Crippen molar-refractivity contribution in [3.05, 3.63) is 30.5 Å². The molecule has 1 aromatic heterocycles. The van der Waals surface area contributed by atoms with Crippen molar-refractivity contribution >= 4 is 16.9 Å². The van der Waals surface area contributed by atoms with Gasteiger partial charge in [0, 0.05) is 23.7 Å². The van der Waals surface area contributed by atoms with Crippen molar-refractivity contribution in [2.45, 2.75) is 18.5 Å². The first-order valence-electron chi connectivity index (χ1n) is 5.07. The summed E-state index contributed by atoms with van der Waals surface area (Å²) >= 11 is 0. The molecule has 3 rings (SSSR count). The fraction of sp³-hybridized carbons (Fsp3) is 0.273. The largest absolute Gasteiger partial charge is 0.350 e. The zero-order valence-corrected chi connectivity index (χ0v) is 8.22. The van der Waals surface area contributed by atoms with Crippen molar-refractivity contribution in [1.29, 1.82) is 0 Å². The molecule has 4 nitrogen and oxygen atoms in total. The highest BCUT2D eigenvalue weighted by Crippen LogP contribution is 2.22. The third kappa shape index (κ3) is 1.64. The Hall–Kier alpha value is -1.68. The van der Waals surface area contributed by atoms with Crippen LogP contribution in [0.25, 0.3) is 10.9 Å². The number of hydrogen-bond donors (Lipinski definition) is 2. The molecular weight excluding hydrogens is 188 g/mol. The zero-order valence-electron chi connectivity index (χ0n) is 8.22. The smallest absolute Gasteiger partial charge is 0.223 e. The molecule has 0 aliphatic heterocycles. The van der Waals surface area contributed by atoms with Gasteiger partial charge in [-0.3, -0.25) is 0 Å². The van der Waals surface area contributed by atoms with E-state index in [1.54, 1.807) is 0 Å². The average molecular weight is 200 g/mol. The second-order valence-electron chi connectivity index (χ2n) is 3.90. The van der Waals surface area contributed by atoms with Gasteiger partial charge in [-0.2, -0.15) is 0 Å². The fourth-order valence-electron chi connectivity index (χ4n) is 1.59. The van der Waals surface area contributed by atoms with Crippen molar-refractivity contribution in [3.63, 3.8) is 0 Å². The van der Waals surface area contributed by atoms with Gasteiger partial charge < -0.3 is 11.1 Å². The summed E-state index contributed by atoms with van der Waals surface area (Å²) in [5, 5.41) is 4.27. The van der Waals surface area contributed by atoms with E-state index in [0.29, 0.717) is 12.0 Å². The molecule has 4 heteroatoms. The number of para-hydroxylation sites is 1. The first kappa shape index (κ1) is 8.61. The molecule has 0 radical (unpaired) electrons. The Kier molecular flexibility index (Phi) is 1.82. The van der Waals surface area contributed by atoms with Crippen LogP contribution in [0.3, 0.4) is 0 Å². The summed E-state index contributed by atoms with van der Waals surface area (Å²) in [5.74, 6) is 0.673. The number of anilines is 1. The van der Waals surface area contributed by atoms with Crippen LogP contribution in [0, 0.1) is 0 Å². The van der Waals surface area contributed by atoms with Crippen LogP contribution in [0.1, 0.15) is 6.42 Å². The molecule has 0 saturated heterocycles. The van der Waals surface area contributed by atoms with Crippen LogP contribution in [0.2, 0.25) is 0 Å². The van der Waals surface area contributed by atoms with Crippen LogP contribution in [-0.4, -0.2) is 22.1 Å². The lowest BCUT2D eigenvalue weighted by Crippen LogP contribution is -2.14. The molecule has 2 aromatic rings. The number of aromatic nitrogens is 2. The van der Waals surface area contributed by atoms with Crippen LogP contribution in [-0.2, 0) is 0 Å². The summed E-state index contributed by atoms with van der Waals surface area (Å²) in [4.78, 5) is 8.66. The summed E-state index contributed by atoms with van der Waals surface area (Å²) in [6.45, 7) is 0. The van der Waals surface area contributed by atoms with Crippen molar-refractivity contribution in [2.24, 2.45) is 5.73 Å². The Balaban J connectivity index is 1.92. The monoisotopic (exact) mass is 200 g/mol. The summed E-state index contributed by atoms with van der Waals surface area (Å²) in [6, 6.07) is 8.56. The van der Waals surface area contributed by atoms with E-state index in [4.69, 9.17) is 5.73 Å². The topological polar surface area (TPSA) is 63.8 Å². The molecule has 76 valence electrons. The van der Waals surface area contributed by atoms with Gasteiger partial charge in [0.05, 0.1) is 5.52 Å². The number of rotatable bonds is 2. The standard InChI is InChI=1S/C11H12N4/c12-8-5-10(8)15-11-13-6-7-3-1-2-4-9(7)14-11/h1-4,6,8,10H,5,12H2,(H,13,14,15). The molecule has 2 unspecified atom stereocenters. The Labute approximate surface area is 87.5 Å². The fourth-order valence-corrected chi connectivity index (χ4v) is 1.59. The molecule has 2 atom stereocenters. The maximum Gasteiger partial charge on any atom is 0.223 e. The van der Waals surface area contributed by atoms with Gasteiger partial charge in [0.1, 0.15) is 0 Å². The van der Waals surface area contributed by atoms with Gasteiger partial charge >= 0.3 is 0 Å². The van der Waals surface area contributed by atoms with Gasteiger partial charge in [0.25, 0.3) is 0 Å². The SMILES string of the molecule is NC1CC1Nc1ncc2ccccc2n1. The predicted octanol–water partition coefficient (Wildman–Crippen LogP) is 1.14. The summed E-state index contributed by atoms with van der Waals surface area (Å²) in [5.41, 5.74) is 6.67. The number of fused-ring (bicyclic) bond motifs is 1. The Morgan fingerprint density at radius 2 is 2.13 bits per heavy atom. The van der Waals surface area contributed by atoms with E-state index < -0.39 is 0 Å². The van der Waals surface area contributed by atoms with Crippen LogP contribution in [0.4, 0.5) is 5.95 Å². The highest BCUT2D eigenvalue weighted by molar-refractivity contribution is 5.78. The second-order valence-corrected chi connectivity index (χ2v) is 3.90. The lowest BCUT2D eigenvalue weighted by Gasteiger charge is -2.03. The van der Waals surface area contributed by atoms with Crippen molar-refractivity contribution in [3.8, 4) is 0 Å². The van der Waals surface area contributed by atoms with Gasteiger partial charge in [0.15, 0.2) is 0 Å². The normalized spacial score (nSPS) is 24.1. The van der Waals surface area contributed by atoms with Gasteiger partial charge in [-0.05, 0) is 12.5 Å². The third-order valence-corrected chi connectivity index (χ3v) is 2.64. The molecule has 15 heavy (non-hydrogen) atoms. The van der Waals surface area contributed by atoms with Gasteiger partial charge in [-0.25, -0.2) is 9.97 Å². The molecular formula is C11H12N4. The molecule has 1 heterocycles. The zero-order chi connectivity index (χ0) is 10.3. The van der Waals surface area contributed by atoms with Crippen molar-refractivity contribution < 1.29 is 0 Å². The highest BCUT2D eigenvalue weighted by atomic mass is 15.2. The first-order chi connectivity index (χ1) is 7.33. The minimum Gasteiger partial charge on any atom is -0.350 e. The molecule has 1 saturated carbocycles. The molecule has 1 aliphatic rings. The molecule has 3 N–H and O–H groups in total. The van der Waals surface area contributed by atoms with Crippen LogP contribution < -0.4 is 11.1 Å². The number of nitrogens with two attached hydrogens (primary N) is 1. The van der Waals surface area contributed by atoms with Gasteiger partial charge in [-0.1, -0.05) is 18.2 Å². The van der Waals surface area contributed by atoms with Crippen molar-refractivity contribution in [2.75, 3.05) is 5.32 Å². The summed E-state index contributed by atoms with van der Waals surface area (Å²) in [6.07, 6.45) is 2.84. The van der Waals surface area contributed by atoms with Crippen LogP contribution >= 0.6 is 0 Å².